The van der Waals surface area contributed by atoms with Crippen LogP contribution in [0.15, 0.2) is 10.7 Å². The van der Waals surface area contributed by atoms with Gasteiger partial charge in [0.1, 0.15) is 6.26 Å². The lowest BCUT2D eigenvalue weighted by Gasteiger charge is -2.17. The molecule has 0 saturated heterocycles. The van der Waals surface area contributed by atoms with E-state index in [0.29, 0.717) is 12.6 Å². The van der Waals surface area contributed by atoms with Crippen molar-refractivity contribution < 1.29 is 13.9 Å². The number of anilines is 1. The van der Waals surface area contributed by atoms with Gasteiger partial charge in [-0.3, -0.25) is 0 Å². The Bertz CT molecular complexity index is 363. The minimum absolute atomic E-state index is 0.207. The van der Waals surface area contributed by atoms with Gasteiger partial charge in [0.15, 0.2) is 5.69 Å². The first-order valence-corrected chi connectivity index (χ1v) is 5.53. The number of carbonyl (C=O) groups excluding carboxylic acids is 1. The van der Waals surface area contributed by atoms with Crippen molar-refractivity contribution in [2.24, 2.45) is 0 Å². The second-order valence-corrected chi connectivity index (χ2v) is 3.96. The van der Waals surface area contributed by atoms with Gasteiger partial charge in [0, 0.05) is 20.1 Å². The minimum Gasteiger partial charge on any atom is -0.461 e. The summed E-state index contributed by atoms with van der Waals surface area (Å²) in [5.41, 5.74) is 0.207. The molecule has 1 heterocycles. The van der Waals surface area contributed by atoms with E-state index >= 15 is 0 Å². The summed E-state index contributed by atoms with van der Waals surface area (Å²) in [5, 5.41) is 0. The first kappa shape index (κ1) is 13.5. The third-order valence-electron chi connectivity index (χ3n) is 2.19. The molecular weight excluding hydrogens is 222 g/mol. The summed E-state index contributed by atoms with van der Waals surface area (Å²) < 4.78 is 10.1. The van der Waals surface area contributed by atoms with Gasteiger partial charge in [-0.05, 0) is 21.0 Å². The molecule has 0 atom stereocenters. The van der Waals surface area contributed by atoms with Crippen molar-refractivity contribution in [2.45, 2.75) is 6.92 Å². The smallest absolute Gasteiger partial charge is 0.360 e. The van der Waals surface area contributed by atoms with E-state index in [0.717, 1.165) is 13.1 Å². The van der Waals surface area contributed by atoms with Crippen LogP contribution in [-0.2, 0) is 4.74 Å². The number of carbonyl (C=O) groups is 1. The van der Waals surface area contributed by atoms with Crippen molar-refractivity contribution >= 4 is 12.0 Å². The quantitative estimate of drug-likeness (QED) is 0.688. The van der Waals surface area contributed by atoms with Gasteiger partial charge in [-0.2, -0.15) is 4.98 Å². The molecule has 0 bridgehead atoms. The second kappa shape index (κ2) is 6.24. The number of hydrogen-bond donors (Lipinski definition) is 0. The number of aromatic nitrogens is 1. The Morgan fingerprint density at radius 3 is 2.71 bits per heavy atom. The maximum atomic E-state index is 11.4. The number of oxazole rings is 1. The van der Waals surface area contributed by atoms with Crippen LogP contribution in [-0.4, -0.2) is 56.7 Å². The van der Waals surface area contributed by atoms with Crippen LogP contribution in [0.1, 0.15) is 17.4 Å². The molecule has 0 amide bonds. The van der Waals surface area contributed by atoms with E-state index in [1.807, 2.05) is 26.0 Å². The zero-order chi connectivity index (χ0) is 12.8. The lowest BCUT2D eigenvalue weighted by Crippen LogP contribution is -2.28. The normalized spacial score (nSPS) is 10.6. The van der Waals surface area contributed by atoms with Crippen LogP contribution in [0.25, 0.3) is 0 Å². The van der Waals surface area contributed by atoms with E-state index in [1.54, 1.807) is 6.92 Å². The summed E-state index contributed by atoms with van der Waals surface area (Å²) in [6.07, 6.45) is 1.32. The standard InChI is InChI=1S/C11H19N3O3/c1-5-16-10(15)9-8-17-11(12-9)14(4)7-6-13(2)3/h8H,5-7H2,1-4H3. The van der Waals surface area contributed by atoms with Crippen molar-refractivity contribution in [1.29, 1.82) is 0 Å². The molecular formula is C11H19N3O3. The largest absolute Gasteiger partial charge is 0.461 e. The molecule has 96 valence electrons. The predicted molar refractivity (Wildman–Crippen MR) is 64.3 cm³/mol. The van der Waals surface area contributed by atoms with Crippen molar-refractivity contribution in [3.05, 3.63) is 12.0 Å². The van der Waals surface area contributed by atoms with Crippen LogP contribution in [0.3, 0.4) is 0 Å². The fraction of sp³-hybridized carbons (Fsp3) is 0.636. The minimum atomic E-state index is -0.455. The van der Waals surface area contributed by atoms with Gasteiger partial charge in [-0.1, -0.05) is 0 Å². The first-order valence-electron chi connectivity index (χ1n) is 5.53. The third kappa shape index (κ3) is 4.07. The number of nitrogens with zero attached hydrogens (tertiary/aromatic N) is 3. The molecule has 1 aromatic heterocycles. The van der Waals surface area contributed by atoms with Gasteiger partial charge < -0.3 is 19.0 Å². The fourth-order valence-electron chi connectivity index (χ4n) is 1.18. The van der Waals surface area contributed by atoms with E-state index in [-0.39, 0.29) is 5.69 Å². The Labute approximate surface area is 101 Å². The summed E-state index contributed by atoms with van der Waals surface area (Å²) in [6.45, 7) is 3.74. The molecule has 1 rings (SSSR count). The highest BCUT2D eigenvalue weighted by atomic mass is 16.5. The Morgan fingerprint density at radius 2 is 2.12 bits per heavy atom. The molecule has 0 fully saturated rings. The van der Waals surface area contributed by atoms with E-state index in [1.165, 1.54) is 6.26 Å². The Balaban J connectivity index is 2.57. The maximum absolute atomic E-state index is 11.4. The monoisotopic (exact) mass is 241 g/mol. The Kier molecular flexibility index (Phi) is 4.96. The predicted octanol–water partition coefficient (Wildman–Crippen LogP) is 0.849. The Hall–Kier alpha value is -1.56. The molecule has 0 unspecified atom stereocenters. The fourth-order valence-corrected chi connectivity index (χ4v) is 1.18. The van der Waals surface area contributed by atoms with E-state index in [2.05, 4.69) is 9.88 Å². The number of ether oxygens (including phenoxy) is 1. The molecule has 1 aromatic rings. The topological polar surface area (TPSA) is 58.8 Å². The average Bonchev–Trinajstić information content (AvgIpc) is 2.75. The average molecular weight is 241 g/mol. The van der Waals surface area contributed by atoms with Gasteiger partial charge in [-0.15, -0.1) is 0 Å². The number of likely N-dealkylation sites (N-methyl/N-ethyl adjacent to an activating group) is 2. The van der Waals surface area contributed by atoms with Crippen LogP contribution < -0.4 is 4.90 Å². The zero-order valence-electron chi connectivity index (χ0n) is 10.8. The molecule has 0 aliphatic heterocycles. The molecule has 6 nitrogen and oxygen atoms in total. The molecule has 0 spiro atoms. The van der Waals surface area contributed by atoms with Gasteiger partial charge in [0.25, 0.3) is 6.01 Å². The first-order chi connectivity index (χ1) is 8.04. The highest BCUT2D eigenvalue weighted by Gasteiger charge is 2.15. The summed E-state index contributed by atoms with van der Waals surface area (Å²) >= 11 is 0. The van der Waals surface area contributed by atoms with Crippen LogP contribution in [0.4, 0.5) is 6.01 Å². The molecule has 0 radical (unpaired) electrons. The molecule has 0 saturated carbocycles. The summed E-state index contributed by atoms with van der Waals surface area (Å²) in [4.78, 5) is 19.4. The van der Waals surface area contributed by atoms with E-state index in [9.17, 15) is 4.79 Å². The molecule has 0 aromatic carbocycles. The van der Waals surface area contributed by atoms with Crippen LogP contribution >= 0.6 is 0 Å². The number of esters is 1. The van der Waals surface area contributed by atoms with E-state index < -0.39 is 5.97 Å². The SMILES string of the molecule is CCOC(=O)c1coc(N(C)CCN(C)C)n1. The lowest BCUT2D eigenvalue weighted by molar-refractivity contribution is 0.0519. The summed E-state index contributed by atoms with van der Waals surface area (Å²) in [7, 11) is 5.85. The van der Waals surface area contributed by atoms with E-state index in [4.69, 9.17) is 9.15 Å². The van der Waals surface area contributed by atoms with Gasteiger partial charge >= 0.3 is 5.97 Å². The van der Waals surface area contributed by atoms with Gasteiger partial charge in [0.05, 0.1) is 6.61 Å². The van der Waals surface area contributed by atoms with Gasteiger partial charge in [0.2, 0.25) is 0 Å². The second-order valence-electron chi connectivity index (χ2n) is 3.96. The highest BCUT2D eigenvalue weighted by Crippen LogP contribution is 2.12. The van der Waals surface area contributed by atoms with Gasteiger partial charge in [-0.25, -0.2) is 4.79 Å². The molecule has 17 heavy (non-hydrogen) atoms. The lowest BCUT2D eigenvalue weighted by atomic mass is 10.5. The number of rotatable bonds is 6. The van der Waals surface area contributed by atoms with Crippen molar-refractivity contribution in [3.8, 4) is 0 Å². The van der Waals surface area contributed by atoms with Crippen molar-refractivity contribution in [2.75, 3.05) is 45.7 Å². The van der Waals surface area contributed by atoms with Crippen LogP contribution in [0.5, 0.6) is 0 Å². The number of hydrogen-bond acceptors (Lipinski definition) is 6. The molecule has 0 aliphatic carbocycles. The summed E-state index contributed by atoms with van der Waals surface area (Å²) in [5.74, 6) is -0.455. The van der Waals surface area contributed by atoms with Crippen LogP contribution in [0.2, 0.25) is 0 Å². The van der Waals surface area contributed by atoms with Crippen molar-refractivity contribution in [3.63, 3.8) is 0 Å². The summed E-state index contributed by atoms with van der Waals surface area (Å²) in [6, 6.07) is 0.426. The molecule has 0 aliphatic rings. The highest BCUT2D eigenvalue weighted by molar-refractivity contribution is 5.87. The third-order valence-corrected chi connectivity index (χ3v) is 2.19. The zero-order valence-corrected chi connectivity index (χ0v) is 10.8. The Morgan fingerprint density at radius 1 is 1.41 bits per heavy atom. The van der Waals surface area contributed by atoms with Crippen LogP contribution in [0, 0.1) is 0 Å². The molecule has 6 heteroatoms. The molecule has 0 N–H and O–H groups in total. The maximum Gasteiger partial charge on any atom is 0.360 e. The van der Waals surface area contributed by atoms with Crippen molar-refractivity contribution in [1.82, 2.24) is 9.88 Å².